The SMILES string of the molecule is CC.CC1CCC2(CCC2)/C(=N\O)C1(C)C. The summed E-state index contributed by atoms with van der Waals surface area (Å²) in [5, 5.41) is 12.9. The van der Waals surface area contributed by atoms with Gasteiger partial charge in [0.2, 0.25) is 0 Å². The molecule has 2 heteroatoms. The number of hydrogen-bond acceptors (Lipinski definition) is 2. The van der Waals surface area contributed by atoms with E-state index in [1.807, 2.05) is 13.8 Å². The molecule has 1 spiro atoms. The van der Waals surface area contributed by atoms with E-state index in [0.717, 1.165) is 5.71 Å². The molecule has 0 aromatic carbocycles. The highest BCUT2D eigenvalue weighted by atomic mass is 16.4. The van der Waals surface area contributed by atoms with Crippen molar-refractivity contribution in [1.29, 1.82) is 0 Å². The Morgan fingerprint density at radius 1 is 1.19 bits per heavy atom. The molecule has 0 radical (unpaired) electrons. The minimum absolute atomic E-state index is 0.0907. The molecule has 0 saturated heterocycles. The van der Waals surface area contributed by atoms with E-state index in [9.17, 15) is 5.21 Å². The molecular formula is C14H27NO. The van der Waals surface area contributed by atoms with Gasteiger partial charge >= 0.3 is 0 Å². The van der Waals surface area contributed by atoms with E-state index >= 15 is 0 Å². The summed E-state index contributed by atoms with van der Waals surface area (Å²) in [6, 6.07) is 0. The monoisotopic (exact) mass is 225 g/mol. The maximum Gasteiger partial charge on any atom is 0.0690 e. The highest BCUT2D eigenvalue weighted by Gasteiger charge is 2.52. The maximum atomic E-state index is 9.23. The first-order valence-corrected chi connectivity index (χ1v) is 6.76. The number of nitrogens with zero attached hydrogens (tertiary/aromatic N) is 1. The van der Waals surface area contributed by atoms with Gasteiger partial charge < -0.3 is 5.21 Å². The van der Waals surface area contributed by atoms with E-state index < -0.39 is 0 Å². The van der Waals surface area contributed by atoms with Crippen molar-refractivity contribution in [2.24, 2.45) is 21.9 Å². The first kappa shape index (κ1) is 13.5. The average molecular weight is 225 g/mol. The van der Waals surface area contributed by atoms with Crippen LogP contribution < -0.4 is 0 Å². The molecule has 1 N–H and O–H groups in total. The lowest BCUT2D eigenvalue weighted by Gasteiger charge is -2.53. The van der Waals surface area contributed by atoms with E-state index in [0.29, 0.717) is 5.92 Å². The molecule has 94 valence electrons. The molecule has 0 aromatic rings. The van der Waals surface area contributed by atoms with Gasteiger partial charge in [-0.3, -0.25) is 0 Å². The van der Waals surface area contributed by atoms with Gasteiger partial charge in [0.1, 0.15) is 0 Å². The third kappa shape index (κ3) is 1.87. The number of rotatable bonds is 0. The van der Waals surface area contributed by atoms with Crippen LogP contribution in [0.2, 0.25) is 0 Å². The molecule has 0 amide bonds. The van der Waals surface area contributed by atoms with Crippen LogP contribution in [-0.4, -0.2) is 10.9 Å². The van der Waals surface area contributed by atoms with Crippen molar-refractivity contribution in [2.75, 3.05) is 0 Å². The predicted molar refractivity (Wildman–Crippen MR) is 69.0 cm³/mol. The van der Waals surface area contributed by atoms with Gasteiger partial charge in [-0.05, 0) is 31.6 Å². The van der Waals surface area contributed by atoms with Crippen LogP contribution in [0.1, 0.15) is 66.7 Å². The molecule has 0 aliphatic heterocycles. The van der Waals surface area contributed by atoms with Crippen LogP contribution in [0.25, 0.3) is 0 Å². The third-order valence-electron chi connectivity index (χ3n) is 4.81. The Bertz CT molecular complexity index is 260. The number of oxime groups is 1. The second-order valence-electron chi connectivity index (χ2n) is 5.74. The van der Waals surface area contributed by atoms with E-state index in [2.05, 4.69) is 25.9 Å². The van der Waals surface area contributed by atoms with E-state index in [1.165, 1.54) is 32.1 Å². The highest BCUT2D eigenvalue weighted by molar-refractivity contribution is 5.96. The Kier molecular flexibility index (Phi) is 4.03. The average Bonchev–Trinajstić information content (AvgIpc) is 2.22. The second-order valence-corrected chi connectivity index (χ2v) is 5.74. The highest BCUT2D eigenvalue weighted by Crippen LogP contribution is 2.56. The fraction of sp³-hybridized carbons (Fsp3) is 0.929. The molecule has 16 heavy (non-hydrogen) atoms. The molecule has 0 bridgehead atoms. The standard InChI is InChI=1S/C12H21NO.C2H6/c1-9-5-8-12(6-4-7-12)10(13-14)11(9,2)3;1-2/h9,14H,4-8H2,1-3H3;1-2H3/b13-10-;. The van der Waals surface area contributed by atoms with Gasteiger partial charge in [-0.1, -0.05) is 46.2 Å². The zero-order valence-corrected chi connectivity index (χ0v) is 11.5. The summed E-state index contributed by atoms with van der Waals surface area (Å²) in [5.74, 6) is 0.639. The van der Waals surface area contributed by atoms with Crippen molar-refractivity contribution >= 4 is 5.71 Å². The lowest BCUT2D eigenvalue weighted by molar-refractivity contribution is 0.112. The quantitative estimate of drug-likeness (QED) is 0.479. The van der Waals surface area contributed by atoms with E-state index in [4.69, 9.17) is 0 Å². The summed E-state index contributed by atoms with van der Waals surface area (Å²) in [6.07, 6.45) is 6.30. The Morgan fingerprint density at radius 2 is 1.75 bits per heavy atom. The number of hydrogen-bond donors (Lipinski definition) is 1. The van der Waals surface area contributed by atoms with Crippen LogP contribution in [0.3, 0.4) is 0 Å². The molecule has 0 heterocycles. The smallest absolute Gasteiger partial charge is 0.0690 e. The molecular weight excluding hydrogens is 198 g/mol. The molecule has 2 aliphatic rings. The van der Waals surface area contributed by atoms with Crippen LogP contribution in [0.5, 0.6) is 0 Å². The first-order valence-electron chi connectivity index (χ1n) is 6.76. The Labute approximate surface area is 100 Å². The zero-order valence-electron chi connectivity index (χ0n) is 11.5. The predicted octanol–water partition coefficient (Wildman–Crippen LogP) is 4.47. The molecule has 2 rings (SSSR count). The minimum Gasteiger partial charge on any atom is -0.411 e. The van der Waals surface area contributed by atoms with Crippen molar-refractivity contribution in [1.82, 2.24) is 0 Å². The normalized spacial score (nSPS) is 32.8. The lowest BCUT2D eigenvalue weighted by atomic mass is 9.51. The van der Waals surface area contributed by atoms with Crippen molar-refractivity contribution in [2.45, 2.75) is 66.7 Å². The first-order chi connectivity index (χ1) is 7.53. The fourth-order valence-electron chi connectivity index (χ4n) is 3.21. The zero-order chi connectivity index (χ0) is 12.4. The largest absolute Gasteiger partial charge is 0.411 e. The summed E-state index contributed by atoms with van der Waals surface area (Å²) < 4.78 is 0. The van der Waals surface area contributed by atoms with Crippen molar-refractivity contribution in [3.8, 4) is 0 Å². The molecule has 2 nitrogen and oxygen atoms in total. The molecule has 2 fully saturated rings. The molecule has 2 aliphatic carbocycles. The maximum absolute atomic E-state index is 9.23. The summed E-state index contributed by atoms with van der Waals surface area (Å²) >= 11 is 0. The van der Waals surface area contributed by atoms with Crippen molar-refractivity contribution in [3.63, 3.8) is 0 Å². The van der Waals surface area contributed by atoms with Crippen LogP contribution in [0.15, 0.2) is 5.16 Å². The molecule has 0 aromatic heterocycles. The second kappa shape index (κ2) is 4.77. The van der Waals surface area contributed by atoms with Gasteiger partial charge in [-0.2, -0.15) is 0 Å². The van der Waals surface area contributed by atoms with Crippen molar-refractivity contribution < 1.29 is 5.21 Å². The fourth-order valence-corrected chi connectivity index (χ4v) is 3.21. The summed E-state index contributed by atoms with van der Waals surface area (Å²) in [4.78, 5) is 0. The van der Waals surface area contributed by atoms with E-state index in [-0.39, 0.29) is 10.8 Å². The van der Waals surface area contributed by atoms with E-state index in [1.54, 1.807) is 0 Å². The third-order valence-corrected chi connectivity index (χ3v) is 4.81. The Balaban J connectivity index is 0.000000606. The minimum atomic E-state index is 0.0907. The van der Waals surface area contributed by atoms with Gasteiger partial charge in [0.25, 0.3) is 0 Å². The Hall–Kier alpha value is -0.530. The lowest BCUT2D eigenvalue weighted by Crippen LogP contribution is -2.51. The van der Waals surface area contributed by atoms with Crippen LogP contribution >= 0.6 is 0 Å². The topological polar surface area (TPSA) is 32.6 Å². The van der Waals surface area contributed by atoms with Gasteiger partial charge in [0.15, 0.2) is 0 Å². The Morgan fingerprint density at radius 3 is 2.12 bits per heavy atom. The van der Waals surface area contributed by atoms with Gasteiger partial charge in [0.05, 0.1) is 5.71 Å². The summed E-state index contributed by atoms with van der Waals surface area (Å²) in [5.41, 5.74) is 1.45. The van der Waals surface area contributed by atoms with Gasteiger partial charge in [0, 0.05) is 10.8 Å². The van der Waals surface area contributed by atoms with Gasteiger partial charge in [-0.25, -0.2) is 0 Å². The summed E-state index contributed by atoms with van der Waals surface area (Å²) in [7, 11) is 0. The van der Waals surface area contributed by atoms with Crippen LogP contribution in [-0.2, 0) is 0 Å². The molecule has 1 atom stereocenters. The van der Waals surface area contributed by atoms with Crippen LogP contribution in [0.4, 0.5) is 0 Å². The summed E-state index contributed by atoms with van der Waals surface area (Å²) in [6.45, 7) is 10.7. The van der Waals surface area contributed by atoms with Crippen LogP contribution in [0, 0.1) is 16.7 Å². The van der Waals surface area contributed by atoms with Gasteiger partial charge in [-0.15, -0.1) is 0 Å². The molecule has 2 saturated carbocycles. The van der Waals surface area contributed by atoms with Crippen molar-refractivity contribution in [3.05, 3.63) is 0 Å². The molecule has 1 unspecified atom stereocenters.